The fraction of sp³-hybridized carbons (Fsp3) is 0.767. The van der Waals surface area contributed by atoms with E-state index in [1.54, 1.807) is 13.8 Å². The van der Waals surface area contributed by atoms with Crippen molar-refractivity contribution < 1.29 is 53.4 Å². The molecule has 23 nitrogen and oxygen atoms in total. The highest BCUT2D eigenvalue weighted by Gasteiger charge is 2.36. The van der Waals surface area contributed by atoms with Crippen LogP contribution in [0.1, 0.15) is 100 Å². The maximum atomic E-state index is 13.9. The Labute approximate surface area is 409 Å². The van der Waals surface area contributed by atoms with Crippen molar-refractivity contribution in [1.82, 2.24) is 53.2 Å². The summed E-state index contributed by atoms with van der Waals surface area (Å²) in [6.07, 6.45) is 2.77. The van der Waals surface area contributed by atoms with Crippen molar-refractivity contribution in [2.24, 2.45) is 23.5 Å². The van der Waals surface area contributed by atoms with Crippen LogP contribution in [0.15, 0.2) is 0 Å². The number of aliphatic hydroxyl groups is 1. The molecule has 1 saturated heterocycles. The Morgan fingerprint density at radius 1 is 0.676 bits per heavy atom. The topological polar surface area (TPSA) is 364 Å². The fourth-order valence-electron chi connectivity index (χ4n) is 7.00. The minimum absolute atomic E-state index is 0.0867. The van der Waals surface area contributed by atoms with E-state index in [0.717, 1.165) is 6.42 Å². The van der Waals surface area contributed by atoms with E-state index in [1.807, 2.05) is 34.0 Å². The summed E-state index contributed by atoms with van der Waals surface area (Å²) in [5, 5.41) is 53.2. The van der Waals surface area contributed by atoms with Crippen molar-refractivity contribution in [2.75, 3.05) is 30.9 Å². The van der Waals surface area contributed by atoms with Gasteiger partial charge in [-0.1, -0.05) is 41.5 Å². The molecule has 0 unspecified atom stereocenters. The molecule has 1 aliphatic heterocycles. The van der Waals surface area contributed by atoms with Gasteiger partial charge in [0.1, 0.15) is 42.3 Å². The number of aliphatic carboxylic acids is 1. The average Bonchev–Trinajstić information content (AvgIpc) is 3.80. The first-order chi connectivity index (χ1) is 31.8. The van der Waals surface area contributed by atoms with Gasteiger partial charge in [-0.25, -0.2) is 4.79 Å². The van der Waals surface area contributed by atoms with Crippen molar-refractivity contribution in [3.8, 4) is 0 Å². The molecule has 0 aromatic rings. The zero-order valence-electron chi connectivity index (χ0n) is 40.8. The van der Waals surface area contributed by atoms with Crippen LogP contribution in [0, 0.1) is 23.2 Å². The van der Waals surface area contributed by atoms with Gasteiger partial charge in [-0.15, -0.1) is 0 Å². The van der Waals surface area contributed by atoms with E-state index in [-0.39, 0.29) is 61.7 Å². The van der Waals surface area contributed by atoms with E-state index in [0.29, 0.717) is 25.1 Å². The Bertz CT molecular complexity index is 1720. The number of carbonyl (C=O) groups is 9. The Morgan fingerprint density at radius 2 is 1.16 bits per heavy atom. The van der Waals surface area contributed by atoms with E-state index in [2.05, 4.69) is 65.8 Å². The van der Waals surface area contributed by atoms with Crippen molar-refractivity contribution in [1.29, 1.82) is 5.41 Å². The van der Waals surface area contributed by atoms with E-state index in [4.69, 9.17) is 11.1 Å². The molecule has 0 aliphatic carbocycles. The van der Waals surface area contributed by atoms with Crippen LogP contribution in [0.5, 0.6) is 0 Å². The SMILES string of the molecule is CSCC[C@H](NC(=O)[C@H](CC(C)C)NC(=O)[C@H](CCCNC(=N)N)NC(=O)[C@@H]1CCCN1)C(=O)N[C@@H](C)C(=O)N[C@@H](CC(C)C)C(=O)N[C@H](C(=O)N[C@@H](CS)C(=O)N[C@H](C(=O)O)[C@@H](C)O)C(C)C. The molecule has 68 heavy (non-hydrogen) atoms. The lowest BCUT2D eigenvalue weighted by atomic mass is 9.99. The predicted molar refractivity (Wildman–Crippen MR) is 261 cm³/mol. The monoisotopic (exact) mass is 1000 g/mol. The number of hydrogen-bond acceptors (Lipinski definition) is 14. The third-order valence-corrected chi connectivity index (χ3v) is 11.8. The van der Waals surface area contributed by atoms with Gasteiger partial charge in [0.25, 0.3) is 0 Å². The molecule has 1 rings (SSSR count). The number of thioether (sulfide) groups is 1. The maximum Gasteiger partial charge on any atom is 0.328 e. The number of nitrogens with one attached hydrogen (secondary N) is 11. The number of carboxylic acids is 1. The van der Waals surface area contributed by atoms with Crippen molar-refractivity contribution in [3.05, 3.63) is 0 Å². The minimum atomic E-state index is -1.66. The summed E-state index contributed by atoms with van der Waals surface area (Å²) < 4.78 is 0. The molecule has 388 valence electrons. The molecule has 15 N–H and O–H groups in total. The number of hydrogen-bond donors (Lipinski definition) is 15. The highest BCUT2D eigenvalue weighted by Crippen LogP contribution is 2.12. The van der Waals surface area contributed by atoms with Crippen molar-refractivity contribution in [3.63, 3.8) is 0 Å². The number of carbonyl (C=O) groups excluding carboxylic acids is 8. The molecule has 0 saturated carbocycles. The summed E-state index contributed by atoms with van der Waals surface area (Å²) >= 11 is 5.53. The van der Waals surface area contributed by atoms with Gasteiger partial charge in [-0.3, -0.25) is 43.8 Å². The second kappa shape index (κ2) is 31.3. The summed E-state index contributed by atoms with van der Waals surface area (Å²) in [4.78, 5) is 120. The first kappa shape index (κ1) is 61.1. The normalized spacial score (nSPS) is 17.5. The zero-order valence-corrected chi connectivity index (χ0v) is 42.5. The number of rotatable bonds is 31. The zero-order chi connectivity index (χ0) is 51.8. The van der Waals surface area contributed by atoms with E-state index >= 15 is 0 Å². The number of carboxylic acid groups (broad SMARTS) is 1. The first-order valence-corrected chi connectivity index (χ1v) is 25.1. The summed E-state index contributed by atoms with van der Waals surface area (Å²) in [5.74, 6) is -7.85. The highest BCUT2D eigenvalue weighted by molar-refractivity contribution is 7.98. The van der Waals surface area contributed by atoms with Gasteiger partial charge in [0.2, 0.25) is 47.3 Å². The van der Waals surface area contributed by atoms with Crippen LogP contribution in [-0.4, -0.2) is 161 Å². The summed E-state index contributed by atoms with van der Waals surface area (Å²) in [6, 6.07) is -10.4. The number of thiol groups is 1. The van der Waals surface area contributed by atoms with Crippen LogP contribution < -0.4 is 58.9 Å². The standard InChI is InChI=1S/C43H78N12O11S2/c1-21(2)18-29(52-37(60)27(13-11-16-47-43(44)45)49-35(58)26-12-10-15-46-26)38(61)50-28(14-17-68-9)36(59)48-24(7)34(57)51-30(19-22(3)4)39(62)54-32(23(5)6)41(64)53-31(20-67)40(63)55-33(25(8)56)42(65)66/h21-33,46,56,67H,10-20H2,1-9H3,(H,48,59)(H,49,58)(H,50,61)(H,51,57)(H,52,60)(H,53,64)(H,54,62)(H,55,63)(H,65,66)(H4,44,45,47)/t24-,25+,26-,27-,28-,29-,30-,31-,32-,33-/m0/s1. The molecule has 1 heterocycles. The van der Waals surface area contributed by atoms with Gasteiger partial charge in [-0.2, -0.15) is 24.4 Å². The van der Waals surface area contributed by atoms with E-state index < -0.39 is 114 Å². The fourth-order valence-corrected chi connectivity index (χ4v) is 7.73. The molecule has 0 bridgehead atoms. The van der Waals surface area contributed by atoms with Crippen molar-refractivity contribution in [2.45, 2.75) is 161 Å². The lowest BCUT2D eigenvalue weighted by molar-refractivity contribution is -0.145. The lowest BCUT2D eigenvalue weighted by Gasteiger charge is -2.29. The van der Waals surface area contributed by atoms with E-state index in [1.165, 1.54) is 25.6 Å². The molecule has 10 atom stereocenters. The second-order valence-corrected chi connectivity index (χ2v) is 19.5. The molecular weight excluding hydrogens is 925 g/mol. The van der Waals surface area contributed by atoms with Gasteiger partial charge >= 0.3 is 5.97 Å². The minimum Gasteiger partial charge on any atom is -0.480 e. The Morgan fingerprint density at radius 3 is 1.65 bits per heavy atom. The largest absolute Gasteiger partial charge is 0.480 e. The van der Waals surface area contributed by atoms with Crippen LogP contribution in [0.4, 0.5) is 0 Å². The van der Waals surface area contributed by atoms with Crippen LogP contribution in [0.3, 0.4) is 0 Å². The van der Waals surface area contributed by atoms with Crippen LogP contribution in [0.2, 0.25) is 0 Å². The number of aliphatic hydroxyl groups excluding tert-OH is 1. The number of nitrogens with two attached hydrogens (primary N) is 1. The smallest absolute Gasteiger partial charge is 0.328 e. The van der Waals surface area contributed by atoms with Gasteiger partial charge in [0, 0.05) is 12.3 Å². The number of amides is 8. The quantitative estimate of drug-likeness (QED) is 0.0152. The van der Waals surface area contributed by atoms with Crippen LogP contribution in [0.25, 0.3) is 0 Å². The first-order valence-electron chi connectivity index (χ1n) is 23.1. The molecule has 0 radical (unpaired) electrons. The van der Waals surface area contributed by atoms with E-state index in [9.17, 15) is 53.4 Å². The third kappa shape index (κ3) is 22.5. The van der Waals surface area contributed by atoms with Gasteiger partial charge in [0.05, 0.1) is 12.1 Å². The number of guanidine groups is 1. The third-order valence-electron chi connectivity index (χ3n) is 10.8. The summed E-state index contributed by atoms with van der Waals surface area (Å²) in [6.45, 7) is 14.1. The van der Waals surface area contributed by atoms with Crippen LogP contribution >= 0.6 is 24.4 Å². The molecule has 0 aromatic carbocycles. The molecule has 8 amide bonds. The average molecular weight is 1000 g/mol. The van der Waals surface area contributed by atoms with Crippen LogP contribution in [-0.2, 0) is 43.2 Å². The summed E-state index contributed by atoms with van der Waals surface area (Å²) in [7, 11) is 0. The Hall–Kier alpha value is -4.88. The molecule has 0 aromatic heterocycles. The van der Waals surface area contributed by atoms with Gasteiger partial charge < -0.3 is 69.1 Å². The van der Waals surface area contributed by atoms with Gasteiger partial charge in [-0.05, 0) is 95.1 Å². The predicted octanol–water partition coefficient (Wildman–Crippen LogP) is -2.20. The summed E-state index contributed by atoms with van der Waals surface area (Å²) in [5.41, 5.74) is 5.40. The van der Waals surface area contributed by atoms with Crippen molar-refractivity contribution >= 4 is 83.6 Å². The Kier molecular flexibility index (Phi) is 28.1. The lowest BCUT2D eigenvalue weighted by Crippen LogP contribution is -2.61. The molecule has 0 spiro atoms. The molecular formula is C43H78N12O11S2. The highest BCUT2D eigenvalue weighted by atomic mass is 32.2. The van der Waals surface area contributed by atoms with Gasteiger partial charge in [0.15, 0.2) is 12.0 Å². The molecule has 25 heteroatoms. The maximum absolute atomic E-state index is 13.9. The molecule has 1 fully saturated rings. The molecule has 1 aliphatic rings. The second-order valence-electron chi connectivity index (χ2n) is 18.2. The Balaban J connectivity index is 3.19.